The Morgan fingerprint density at radius 2 is 1.88 bits per heavy atom. The number of amides is 2. The third-order valence-electron chi connectivity index (χ3n) is 5.41. The van der Waals surface area contributed by atoms with Crippen molar-refractivity contribution in [3.8, 4) is 0 Å². The number of aliphatic hydroxyl groups is 1. The van der Waals surface area contributed by atoms with E-state index in [2.05, 4.69) is 0 Å². The summed E-state index contributed by atoms with van der Waals surface area (Å²) >= 11 is 0. The summed E-state index contributed by atoms with van der Waals surface area (Å²) in [5.74, 6) is -1.73. The summed E-state index contributed by atoms with van der Waals surface area (Å²) in [7, 11) is 0. The number of rotatable bonds is 2. The van der Waals surface area contributed by atoms with Crippen LogP contribution in [0.1, 0.15) is 0 Å². The van der Waals surface area contributed by atoms with Crippen LogP contribution in [0.3, 0.4) is 0 Å². The predicted molar refractivity (Wildman–Crippen MR) is 87.3 cm³/mol. The van der Waals surface area contributed by atoms with Crippen molar-refractivity contribution in [1.82, 2.24) is 0 Å². The standard InChI is InChI=1S/C19H15NO4/c21-10-19-9-8-14(24-19)15-16(19)18(23)20(17(15)22)13-7-3-5-11-4-1-2-6-12(11)13/h1-9,14-16,21H,10H2/t14-,15+,16-,19-/m0/s1. The van der Waals surface area contributed by atoms with Gasteiger partial charge in [0.2, 0.25) is 11.8 Å². The maximum absolute atomic E-state index is 13.1. The summed E-state index contributed by atoms with van der Waals surface area (Å²) < 4.78 is 5.76. The molecule has 2 fully saturated rings. The van der Waals surface area contributed by atoms with E-state index in [1.54, 1.807) is 18.2 Å². The molecule has 120 valence electrons. The second kappa shape index (κ2) is 4.53. The molecule has 4 atom stereocenters. The Morgan fingerprint density at radius 3 is 2.71 bits per heavy atom. The van der Waals surface area contributed by atoms with Gasteiger partial charge in [0.25, 0.3) is 0 Å². The fourth-order valence-electron chi connectivity index (χ4n) is 4.32. The van der Waals surface area contributed by atoms with Crippen molar-refractivity contribution in [2.75, 3.05) is 11.5 Å². The molecule has 3 aliphatic rings. The van der Waals surface area contributed by atoms with E-state index >= 15 is 0 Å². The van der Waals surface area contributed by atoms with Gasteiger partial charge in [0.05, 0.1) is 30.2 Å². The number of carbonyl (C=O) groups is 2. The molecule has 1 N–H and O–H groups in total. The van der Waals surface area contributed by atoms with E-state index in [-0.39, 0.29) is 18.4 Å². The Balaban J connectivity index is 1.67. The quantitative estimate of drug-likeness (QED) is 0.674. The molecule has 24 heavy (non-hydrogen) atoms. The van der Waals surface area contributed by atoms with E-state index in [0.29, 0.717) is 5.69 Å². The Kier molecular flexibility index (Phi) is 2.62. The van der Waals surface area contributed by atoms with E-state index < -0.39 is 23.5 Å². The van der Waals surface area contributed by atoms with Crippen LogP contribution in [0.5, 0.6) is 0 Å². The molecule has 0 radical (unpaired) electrons. The van der Waals surface area contributed by atoms with Gasteiger partial charge >= 0.3 is 0 Å². The molecule has 0 spiro atoms. The van der Waals surface area contributed by atoms with Crippen molar-refractivity contribution in [3.05, 3.63) is 54.6 Å². The molecule has 0 saturated carbocycles. The molecule has 5 rings (SSSR count). The minimum absolute atomic E-state index is 0.244. The largest absolute Gasteiger partial charge is 0.393 e. The summed E-state index contributed by atoms with van der Waals surface area (Å²) in [6.45, 7) is -0.302. The molecule has 2 aromatic rings. The van der Waals surface area contributed by atoms with Gasteiger partial charge in [-0.3, -0.25) is 9.59 Å². The van der Waals surface area contributed by atoms with E-state index in [1.165, 1.54) is 4.90 Å². The van der Waals surface area contributed by atoms with Gasteiger partial charge in [-0.2, -0.15) is 0 Å². The molecular weight excluding hydrogens is 306 g/mol. The van der Waals surface area contributed by atoms with Crippen LogP contribution in [-0.2, 0) is 14.3 Å². The summed E-state index contributed by atoms with van der Waals surface area (Å²) in [5.41, 5.74) is -0.452. The molecular formula is C19H15NO4. The molecule has 2 bridgehead atoms. The van der Waals surface area contributed by atoms with Gasteiger partial charge < -0.3 is 9.84 Å². The molecule has 0 unspecified atom stereocenters. The lowest BCUT2D eigenvalue weighted by Gasteiger charge is -2.26. The average molecular weight is 321 g/mol. The number of hydrogen-bond donors (Lipinski definition) is 1. The first-order valence-electron chi connectivity index (χ1n) is 8.00. The Bertz CT molecular complexity index is 915. The molecule has 5 nitrogen and oxygen atoms in total. The molecule has 3 heterocycles. The summed E-state index contributed by atoms with van der Waals surface area (Å²) in [6, 6.07) is 13.3. The van der Waals surface area contributed by atoms with Crippen molar-refractivity contribution in [2.24, 2.45) is 11.8 Å². The Morgan fingerprint density at radius 1 is 1.08 bits per heavy atom. The average Bonchev–Trinajstić information content (AvgIpc) is 3.26. The van der Waals surface area contributed by atoms with Crippen LogP contribution in [0.25, 0.3) is 10.8 Å². The van der Waals surface area contributed by atoms with Crippen LogP contribution >= 0.6 is 0 Å². The van der Waals surface area contributed by atoms with Crippen molar-refractivity contribution >= 4 is 28.3 Å². The monoisotopic (exact) mass is 321 g/mol. The van der Waals surface area contributed by atoms with Gasteiger partial charge in [0.15, 0.2) is 0 Å². The van der Waals surface area contributed by atoms with Crippen LogP contribution < -0.4 is 4.90 Å². The number of hydrogen-bond acceptors (Lipinski definition) is 4. The lowest BCUT2D eigenvalue weighted by atomic mass is 9.77. The second-order valence-corrected chi connectivity index (χ2v) is 6.57. The zero-order chi connectivity index (χ0) is 16.5. The Labute approximate surface area is 138 Å². The number of imide groups is 1. The normalized spacial score (nSPS) is 33.7. The van der Waals surface area contributed by atoms with Gasteiger partial charge in [-0.25, -0.2) is 4.90 Å². The zero-order valence-corrected chi connectivity index (χ0v) is 12.8. The summed E-state index contributed by atoms with van der Waals surface area (Å²) in [5, 5.41) is 11.6. The number of aliphatic hydroxyl groups excluding tert-OH is 1. The minimum Gasteiger partial charge on any atom is -0.393 e. The number of ether oxygens (including phenoxy) is 1. The maximum Gasteiger partial charge on any atom is 0.241 e. The van der Waals surface area contributed by atoms with E-state index in [4.69, 9.17) is 4.74 Å². The third kappa shape index (κ3) is 1.51. The number of nitrogens with zero attached hydrogens (tertiary/aromatic N) is 1. The third-order valence-corrected chi connectivity index (χ3v) is 5.41. The smallest absolute Gasteiger partial charge is 0.241 e. The van der Waals surface area contributed by atoms with Gasteiger partial charge in [-0.05, 0) is 11.5 Å². The highest BCUT2D eigenvalue weighted by molar-refractivity contribution is 6.26. The van der Waals surface area contributed by atoms with Crippen molar-refractivity contribution in [1.29, 1.82) is 0 Å². The number of carbonyl (C=O) groups excluding carboxylic acids is 2. The van der Waals surface area contributed by atoms with Gasteiger partial charge in [-0.15, -0.1) is 0 Å². The summed E-state index contributed by atoms with van der Waals surface area (Å²) in [4.78, 5) is 27.4. The van der Waals surface area contributed by atoms with E-state index in [9.17, 15) is 14.7 Å². The number of fused-ring (bicyclic) bond motifs is 6. The SMILES string of the molecule is O=C1[C@@H]2[C@@H]3C=C[C@@](CO)(O3)[C@@H]2C(=O)N1c1cccc2ccccc12. The van der Waals surface area contributed by atoms with Crippen LogP contribution in [0.2, 0.25) is 0 Å². The molecule has 0 aromatic heterocycles. The second-order valence-electron chi connectivity index (χ2n) is 6.57. The highest BCUT2D eigenvalue weighted by Crippen LogP contribution is 2.52. The molecule has 2 saturated heterocycles. The first-order valence-corrected chi connectivity index (χ1v) is 8.00. The number of anilines is 1. The van der Waals surface area contributed by atoms with Crippen LogP contribution in [0.15, 0.2) is 54.6 Å². The van der Waals surface area contributed by atoms with E-state index in [1.807, 2.05) is 36.4 Å². The van der Waals surface area contributed by atoms with Gasteiger partial charge in [0, 0.05) is 5.39 Å². The van der Waals surface area contributed by atoms with Crippen molar-refractivity contribution < 1.29 is 19.4 Å². The zero-order valence-electron chi connectivity index (χ0n) is 12.8. The number of benzene rings is 2. The van der Waals surface area contributed by atoms with Crippen LogP contribution in [-0.4, -0.2) is 35.2 Å². The molecule has 2 aromatic carbocycles. The van der Waals surface area contributed by atoms with Gasteiger partial charge in [0.1, 0.15) is 5.60 Å². The maximum atomic E-state index is 13.1. The van der Waals surface area contributed by atoms with Gasteiger partial charge in [-0.1, -0.05) is 48.6 Å². The fraction of sp³-hybridized carbons (Fsp3) is 0.263. The summed E-state index contributed by atoms with van der Waals surface area (Å²) in [6.07, 6.45) is 3.09. The van der Waals surface area contributed by atoms with Crippen molar-refractivity contribution in [2.45, 2.75) is 11.7 Å². The molecule has 3 aliphatic heterocycles. The Hall–Kier alpha value is -2.50. The molecule has 5 heteroatoms. The molecule has 2 amide bonds. The highest BCUT2D eigenvalue weighted by Gasteiger charge is 2.67. The van der Waals surface area contributed by atoms with Crippen LogP contribution in [0.4, 0.5) is 5.69 Å². The first kappa shape index (κ1) is 13.9. The predicted octanol–water partition coefficient (Wildman–Crippen LogP) is 1.65. The van der Waals surface area contributed by atoms with Crippen LogP contribution in [0, 0.1) is 11.8 Å². The fourth-order valence-corrected chi connectivity index (χ4v) is 4.32. The topological polar surface area (TPSA) is 66.8 Å². The van der Waals surface area contributed by atoms with Crippen molar-refractivity contribution in [3.63, 3.8) is 0 Å². The first-order chi connectivity index (χ1) is 11.7. The molecule has 0 aliphatic carbocycles. The highest BCUT2D eigenvalue weighted by atomic mass is 16.5. The van der Waals surface area contributed by atoms with E-state index in [0.717, 1.165) is 10.8 Å². The lowest BCUT2D eigenvalue weighted by Crippen LogP contribution is -2.43. The lowest BCUT2D eigenvalue weighted by molar-refractivity contribution is -0.128. The minimum atomic E-state index is -1.05.